The van der Waals surface area contributed by atoms with Crippen LogP contribution in [0.3, 0.4) is 0 Å². The molecule has 2 aromatic rings. The summed E-state index contributed by atoms with van der Waals surface area (Å²) in [5, 5.41) is 5.57. The number of nitrogens with one attached hydrogen (secondary N) is 2. The monoisotopic (exact) mass is 294 g/mol. The molecule has 0 saturated heterocycles. The Morgan fingerprint density at radius 3 is 2.70 bits per heavy atom. The predicted octanol–water partition coefficient (Wildman–Crippen LogP) is 4.13. The van der Waals surface area contributed by atoms with E-state index in [0.717, 1.165) is 0 Å². The largest absolute Gasteiger partial charge is 0.495 e. The van der Waals surface area contributed by atoms with Crippen LogP contribution in [0.2, 0.25) is 5.02 Å². The summed E-state index contributed by atoms with van der Waals surface area (Å²) in [6.45, 7) is 0. The minimum Gasteiger partial charge on any atom is -0.495 e. The molecular formula is C14H12ClFN2O2. The molecule has 2 rings (SSSR count). The molecule has 4 nitrogen and oxygen atoms in total. The van der Waals surface area contributed by atoms with E-state index in [2.05, 4.69) is 10.6 Å². The molecule has 0 aliphatic carbocycles. The Labute approximate surface area is 120 Å². The number of anilines is 2. The van der Waals surface area contributed by atoms with Crippen LogP contribution >= 0.6 is 11.6 Å². The van der Waals surface area contributed by atoms with Crippen molar-refractivity contribution < 1.29 is 13.9 Å². The second-order valence-electron chi connectivity index (χ2n) is 3.93. The number of rotatable bonds is 3. The third kappa shape index (κ3) is 3.61. The molecule has 20 heavy (non-hydrogen) atoms. The molecule has 0 fully saturated rings. The number of carbonyl (C=O) groups is 1. The van der Waals surface area contributed by atoms with Crippen molar-refractivity contribution in [1.82, 2.24) is 0 Å². The lowest BCUT2D eigenvalue weighted by molar-refractivity contribution is 0.262. The van der Waals surface area contributed by atoms with Crippen LogP contribution in [0.1, 0.15) is 0 Å². The summed E-state index contributed by atoms with van der Waals surface area (Å²) in [7, 11) is 1.49. The number of amides is 2. The molecule has 2 amide bonds. The van der Waals surface area contributed by atoms with Gasteiger partial charge in [0.1, 0.15) is 11.6 Å². The maximum absolute atomic E-state index is 13.0. The maximum Gasteiger partial charge on any atom is 0.323 e. The van der Waals surface area contributed by atoms with Crippen LogP contribution in [0.5, 0.6) is 5.75 Å². The van der Waals surface area contributed by atoms with Crippen LogP contribution in [0.15, 0.2) is 42.5 Å². The Kier molecular flexibility index (Phi) is 4.42. The summed E-state index contributed by atoms with van der Waals surface area (Å²) >= 11 is 5.86. The third-order valence-corrected chi connectivity index (χ3v) is 2.73. The highest BCUT2D eigenvalue weighted by atomic mass is 35.5. The quantitative estimate of drug-likeness (QED) is 0.894. The molecule has 6 heteroatoms. The Morgan fingerprint density at radius 2 is 2.00 bits per heavy atom. The fraction of sp³-hybridized carbons (Fsp3) is 0.0714. The lowest BCUT2D eigenvalue weighted by atomic mass is 10.3. The first-order valence-electron chi connectivity index (χ1n) is 5.75. The lowest BCUT2D eigenvalue weighted by Gasteiger charge is -2.11. The van der Waals surface area contributed by atoms with E-state index in [0.29, 0.717) is 22.1 Å². The highest BCUT2D eigenvalue weighted by Gasteiger charge is 2.08. The van der Waals surface area contributed by atoms with Crippen molar-refractivity contribution in [3.8, 4) is 5.75 Å². The van der Waals surface area contributed by atoms with Crippen molar-refractivity contribution >= 4 is 29.0 Å². The second kappa shape index (κ2) is 6.25. The Morgan fingerprint density at radius 1 is 1.20 bits per heavy atom. The molecule has 0 radical (unpaired) electrons. The van der Waals surface area contributed by atoms with Crippen molar-refractivity contribution in [3.05, 3.63) is 53.3 Å². The fourth-order valence-electron chi connectivity index (χ4n) is 1.63. The van der Waals surface area contributed by atoms with Crippen molar-refractivity contribution in [2.24, 2.45) is 0 Å². The van der Waals surface area contributed by atoms with Gasteiger partial charge in [0.05, 0.1) is 12.8 Å². The van der Waals surface area contributed by atoms with Crippen LogP contribution < -0.4 is 15.4 Å². The lowest BCUT2D eigenvalue weighted by Crippen LogP contribution is -2.19. The molecule has 0 bridgehead atoms. The highest BCUT2D eigenvalue weighted by Crippen LogP contribution is 2.27. The van der Waals surface area contributed by atoms with E-state index in [1.54, 1.807) is 24.3 Å². The van der Waals surface area contributed by atoms with Crippen molar-refractivity contribution in [1.29, 1.82) is 0 Å². The van der Waals surface area contributed by atoms with E-state index in [9.17, 15) is 9.18 Å². The molecule has 0 aliphatic rings. The summed E-state index contributed by atoms with van der Waals surface area (Å²) in [6.07, 6.45) is 0. The number of carbonyl (C=O) groups excluding carboxylic acids is 1. The van der Waals surface area contributed by atoms with Crippen LogP contribution in [-0.2, 0) is 0 Å². The van der Waals surface area contributed by atoms with Gasteiger partial charge in [0, 0.05) is 10.7 Å². The smallest absolute Gasteiger partial charge is 0.323 e. The zero-order valence-electron chi connectivity index (χ0n) is 10.6. The highest BCUT2D eigenvalue weighted by molar-refractivity contribution is 6.31. The van der Waals surface area contributed by atoms with Crippen molar-refractivity contribution in [2.75, 3.05) is 17.7 Å². The number of methoxy groups -OCH3 is 1. The normalized spacial score (nSPS) is 9.95. The summed E-state index contributed by atoms with van der Waals surface area (Å²) < 4.78 is 18.1. The van der Waals surface area contributed by atoms with Crippen molar-refractivity contribution in [2.45, 2.75) is 0 Å². The second-order valence-corrected chi connectivity index (χ2v) is 4.37. The van der Waals surface area contributed by atoms with Crippen LogP contribution in [-0.4, -0.2) is 13.1 Å². The van der Waals surface area contributed by atoms with Gasteiger partial charge in [0.25, 0.3) is 0 Å². The number of halogens is 2. The Balaban J connectivity index is 2.10. The molecule has 104 valence electrons. The van der Waals surface area contributed by atoms with E-state index >= 15 is 0 Å². The summed E-state index contributed by atoms with van der Waals surface area (Å²) in [5.74, 6) is 0.0481. The van der Waals surface area contributed by atoms with Gasteiger partial charge in [-0.3, -0.25) is 0 Å². The number of hydrogen-bond acceptors (Lipinski definition) is 2. The number of urea groups is 1. The van der Waals surface area contributed by atoms with Gasteiger partial charge in [-0.25, -0.2) is 9.18 Å². The van der Waals surface area contributed by atoms with Gasteiger partial charge in [-0.1, -0.05) is 17.7 Å². The van der Waals surface area contributed by atoms with E-state index in [1.807, 2.05) is 0 Å². The topological polar surface area (TPSA) is 50.4 Å². The summed E-state index contributed by atoms with van der Waals surface area (Å²) in [5.41, 5.74) is 0.775. The summed E-state index contributed by atoms with van der Waals surface area (Å²) in [4.78, 5) is 11.8. The molecule has 2 aromatic carbocycles. The molecule has 0 spiro atoms. The van der Waals surface area contributed by atoms with E-state index in [1.165, 1.54) is 25.3 Å². The Bertz CT molecular complexity index is 634. The molecular weight excluding hydrogens is 283 g/mol. The van der Waals surface area contributed by atoms with Gasteiger partial charge < -0.3 is 15.4 Å². The van der Waals surface area contributed by atoms with E-state index < -0.39 is 11.8 Å². The summed E-state index contributed by atoms with van der Waals surface area (Å²) in [6, 6.07) is 9.93. The zero-order valence-corrected chi connectivity index (χ0v) is 11.4. The molecule has 0 aromatic heterocycles. The number of ether oxygens (including phenoxy) is 1. The number of hydrogen-bond donors (Lipinski definition) is 2. The minimum absolute atomic E-state index is 0.350. The van der Waals surface area contributed by atoms with Gasteiger partial charge in [-0.05, 0) is 36.4 Å². The Hall–Kier alpha value is -2.27. The average molecular weight is 295 g/mol. The minimum atomic E-state index is -0.517. The van der Waals surface area contributed by atoms with Gasteiger partial charge in [-0.15, -0.1) is 0 Å². The molecule has 0 heterocycles. The molecule has 0 atom stereocenters. The van der Waals surface area contributed by atoms with Crippen LogP contribution in [0.25, 0.3) is 0 Å². The number of benzene rings is 2. The van der Waals surface area contributed by atoms with E-state index in [4.69, 9.17) is 16.3 Å². The molecule has 0 saturated carbocycles. The standard InChI is InChI=1S/C14H12ClFN2O2/c1-20-13-6-5-9(15)7-12(13)18-14(19)17-11-4-2-3-10(16)8-11/h2-8H,1H3,(H2,17,18,19). The van der Waals surface area contributed by atoms with Gasteiger partial charge >= 0.3 is 6.03 Å². The van der Waals surface area contributed by atoms with E-state index in [-0.39, 0.29) is 0 Å². The molecule has 0 aliphatic heterocycles. The average Bonchev–Trinajstić information content (AvgIpc) is 2.38. The van der Waals surface area contributed by atoms with Crippen molar-refractivity contribution in [3.63, 3.8) is 0 Å². The first-order chi connectivity index (χ1) is 9.58. The maximum atomic E-state index is 13.0. The van der Waals surface area contributed by atoms with Crippen LogP contribution in [0.4, 0.5) is 20.6 Å². The fourth-order valence-corrected chi connectivity index (χ4v) is 1.80. The predicted molar refractivity (Wildman–Crippen MR) is 77.0 cm³/mol. The molecule has 0 unspecified atom stereocenters. The van der Waals surface area contributed by atoms with Gasteiger partial charge in [0.15, 0.2) is 0 Å². The first-order valence-corrected chi connectivity index (χ1v) is 6.13. The van der Waals surface area contributed by atoms with Crippen LogP contribution in [0, 0.1) is 5.82 Å². The third-order valence-electron chi connectivity index (χ3n) is 2.49. The zero-order chi connectivity index (χ0) is 14.5. The molecule has 2 N–H and O–H groups in total. The first kappa shape index (κ1) is 14.1. The SMILES string of the molecule is COc1ccc(Cl)cc1NC(=O)Nc1cccc(F)c1. The van der Waals surface area contributed by atoms with Gasteiger partial charge in [-0.2, -0.15) is 0 Å². The van der Waals surface area contributed by atoms with Gasteiger partial charge in [0.2, 0.25) is 0 Å².